The lowest BCUT2D eigenvalue weighted by Gasteiger charge is -2.23. The van der Waals surface area contributed by atoms with Crippen molar-refractivity contribution in [2.45, 2.75) is 78.2 Å². The van der Waals surface area contributed by atoms with Crippen LogP contribution in [0.2, 0.25) is 0 Å². The molecule has 2 aliphatic rings. The zero-order chi connectivity index (χ0) is 17.7. The zero-order valence-electron chi connectivity index (χ0n) is 15.8. The van der Waals surface area contributed by atoms with Crippen LogP contribution in [0.25, 0.3) is 0 Å². The van der Waals surface area contributed by atoms with E-state index in [2.05, 4.69) is 29.3 Å². The predicted molar refractivity (Wildman–Crippen MR) is 101 cm³/mol. The van der Waals surface area contributed by atoms with Crippen molar-refractivity contribution in [2.24, 2.45) is 10.9 Å². The Balaban J connectivity index is 2.07. The molecule has 0 aliphatic heterocycles. The summed E-state index contributed by atoms with van der Waals surface area (Å²) in [4.78, 5) is 16.9. The molecule has 0 aromatic heterocycles. The van der Waals surface area contributed by atoms with Crippen LogP contribution in [0.1, 0.15) is 72.6 Å². The van der Waals surface area contributed by atoms with Gasteiger partial charge in [-0.15, -0.1) is 0 Å². The lowest BCUT2D eigenvalue weighted by Crippen LogP contribution is -2.33. The van der Waals surface area contributed by atoms with Gasteiger partial charge in [-0.25, -0.2) is 4.99 Å². The number of hydrogen-bond donors (Lipinski definition) is 2. The van der Waals surface area contributed by atoms with Crippen molar-refractivity contribution < 1.29 is 4.79 Å². The van der Waals surface area contributed by atoms with Gasteiger partial charge in [-0.3, -0.25) is 4.79 Å². The van der Waals surface area contributed by atoms with Crippen LogP contribution in [0, 0.1) is 5.92 Å². The number of carbonyl (C=O) groups excluding carboxylic acids is 1. The summed E-state index contributed by atoms with van der Waals surface area (Å²) in [6, 6.07) is 0. The van der Waals surface area contributed by atoms with E-state index in [1.807, 2.05) is 20.8 Å². The van der Waals surface area contributed by atoms with Crippen molar-refractivity contribution in [2.75, 3.05) is 6.54 Å². The molecule has 0 atom stereocenters. The van der Waals surface area contributed by atoms with E-state index in [0.717, 1.165) is 41.9 Å². The van der Waals surface area contributed by atoms with E-state index >= 15 is 0 Å². The van der Waals surface area contributed by atoms with Gasteiger partial charge in [0, 0.05) is 23.2 Å². The molecule has 2 fully saturated rings. The Labute approximate surface area is 146 Å². The molecular formula is C20H33N3O. The second-order valence-corrected chi connectivity index (χ2v) is 7.91. The minimum atomic E-state index is 0.0157. The Bertz CT molecular complexity index is 545. The molecule has 0 radical (unpaired) electrons. The van der Waals surface area contributed by atoms with Gasteiger partial charge < -0.3 is 10.6 Å². The first-order valence-electron chi connectivity index (χ1n) is 9.28. The summed E-state index contributed by atoms with van der Waals surface area (Å²) in [5.74, 6) is 1.38. The molecule has 2 rings (SSSR count). The number of allylic oxidation sites excluding steroid dienone is 1. The first kappa shape index (κ1) is 18.8. The summed E-state index contributed by atoms with van der Waals surface area (Å²) in [5.41, 5.74) is 2.75. The van der Waals surface area contributed by atoms with Crippen LogP contribution in [-0.2, 0) is 4.79 Å². The van der Waals surface area contributed by atoms with Crippen molar-refractivity contribution in [1.29, 1.82) is 0 Å². The SMILES string of the molecule is C=N/C(NC1(C)CC1)=C(\C)C(C(=O)NCC1CCCCC1)=C(C)C. The summed E-state index contributed by atoms with van der Waals surface area (Å²) in [7, 11) is 0. The van der Waals surface area contributed by atoms with Crippen LogP contribution >= 0.6 is 0 Å². The van der Waals surface area contributed by atoms with Crippen molar-refractivity contribution in [3.63, 3.8) is 0 Å². The van der Waals surface area contributed by atoms with Crippen molar-refractivity contribution in [3.05, 3.63) is 22.5 Å². The third kappa shape index (κ3) is 4.96. The van der Waals surface area contributed by atoms with Crippen LogP contribution < -0.4 is 10.6 Å². The van der Waals surface area contributed by atoms with Gasteiger partial charge in [0.25, 0.3) is 5.91 Å². The number of nitrogens with one attached hydrogen (secondary N) is 2. The minimum Gasteiger partial charge on any atom is -0.365 e. The minimum absolute atomic E-state index is 0.0157. The van der Waals surface area contributed by atoms with Crippen LogP contribution in [0.5, 0.6) is 0 Å². The Hall–Kier alpha value is -1.58. The van der Waals surface area contributed by atoms with E-state index in [4.69, 9.17) is 0 Å². The Morgan fingerprint density at radius 3 is 2.29 bits per heavy atom. The second kappa shape index (κ2) is 8.00. The number of aliphatic imine (C=N–C) groups is 1. The van der Waals surface area contributed by atoms with Crippen LogP contribution in [-0.4, -0.2) is 24.7 Å². The summed E-state index contributed by atoms with van der Waals surface area (Å²) in [5, 5.41) is 6.60. The van der Waals surface area contributed by atoms with Gasteiger partial charge in [-0.1, -0.05) is 24.8 Å². The average molecular weight is 332 g/mol. The van der Waals surface area contributed by atoms with Crippen molar-refractivity contribution in [1.82, 2.24) is 10.6 Å². The fourth-order valence-corrected chi connectivity index (χ4v) is 3.46. The molecular weight excluding hydrogens is 298 g/mol. The zero-order valence-corrected chi connectivity index (χ0v) is 15.8. The number of nitrogens with zero attached hydrogens (tertiary/aromatic N) is 1. The highest BCUT2D eigenvalue weighted by Gasteiger charge is 2.38. The molecule has 0 heterocycles. The van der Waals surface area contributed by atoms with Crippen LogP contribution in [0.15, 0.2) is 27.5 Å². The maximum absolute atomic E-state index is 12.8. The van der Waals surface area contributed by atoms with Gasteiger partial charge in [0.1, 0.15) is 5.82 Å². The van der Waals surface area contributed by atoms with Gasteiger partial charge in [0.15, 0.2) is 0 Å². The van der Waals surface area contributed by atoms with Crippen molar-refractivity contribution >= 4 is 12.6 Å². The van der Waals surface area contributed by atoms with E-state index < -0.39 is 0 Å². The topological polar surface area (TPSA) is 53.5 Å². The molecule has 0 aromatic rings. The average Bonchev–Trinajstić information content (AvgIpc) is 3.29. The van der Waals surface area contributed by atoms with Gasteiger partial charge in [0.2, 0.25) is 0 Å². The van der Waals surface area contributed by atoms with E-state index in [0.29, 0.717) is 5.92 Å². The maximum Gasteiger partial charge on any atom is 0.251 e. The van der Waals surface area contributed by atoms with E-state index in [1.54, 1.807) is 0 Å². The monoisotopic (exact) mass is 331 g/mol. The van der Waals surface area contributed by atoms with Crippen molar-refractivity contribution in [3.8, 4) is 0 Å². The Kier molecular flexibility index (Phi) is 6.25. The second-order valence-electron chi connectivity index (χ2n) is 7.91. The molecule has 24 heavy (non-hydrogen) atoms. The molecule has 134 valence electrons. The molecule has 0 spiro atoms. The lowest BCUT2D eigenvalue weighted by molar-refractivity contribution is -0.117. The van der Waals surface area contributed by atoms with Gasteiger partial charge >= 0.3 is 0 Å². The Morgan fingerprint density at radius 1 is 1.17 bits per heavy atom. The smallest absolute Gasteiger partial charge is 0.251 e. The molecule has 4 nitrogen and oxygen atoms in total. The summed E-state index contributed by atoms with van der Waals surface area (Å²) < 4.78 is 0. The molecule has 2 saturated carbocycles. The quantitative estimate of drug-likeness (QED) is 0.419. The molecule has 1 amide bonds. The van der Waals surface area contributed by atoms with Crippen LogP contribution in [0.3, 0.4) is 0 Å². The fourth-order valence-electron chi connectivity index (χ4n) is 3.46. The molecule has 0 bridgehead atoms. The highest BCUT2D eigenvalue weighted by molar-refractivity contribution is 5.98. The summed E-state index contributed by atoms with van der Waals surface area (Å²) >= 11 is 0. The number of carbonyl (C=O) groups is 1. The number of hydrogen-bond acceptors (Lipinski definition) is 3. The summed E-state index contributed by atoms with van der Waals surface area (Å²) in [6.07, 6.45) is 8.67. The van der Waals surface area contributed by atoms with Gasteiger partial charge in [0.05, 0.1) is 0 Å². The highest BCUT2D eigenvalue weighted by atomic mass is 16.1. The molecule has 2 N–H and O–H groups in total. The summed E-state index contributed by atoms with van der Waals surface area (Å²) in [6.45, 7) is 12.6. The molecule has 0 aromatic carbocycles. The molecule has 0 saturated heterocycles. The van der Waals surface area contributed by atoms with Crippen LogP contribution in [0.4, 0.5) is 0 Å². The first-order valence-corrected chi connectivity index (χ1v) is 9.28. The number of rotatable bonds is 7. The molecule has 2 aliphatic carbocycles. The molecule has 4 heteroatoms. The predicted octanol–water partition coefficient (Wildman–Crippen LogP) is 4.09. The third-order valence-corrected chi connectivity index (χ3v) is 5.31. The van der Waals surface area contributed by atoms with Gasteiger partial charge in [-0.05, 0) is 66.0 Å². The third-order valence-electron chi connectivity index (χ3n) is 5.31. The Morgan fingerprint density at radius 2 is 1.79 bits per heavy atom. The largest absolute Gasteiger partial charge is 0.365 e. The fraction of sp³-hybridized carbons (Fsp3) is 0.700. The normalized spacial score (nSPS) is 20.7. The van der Waals surface area contributed by atoms with E-state index in [-0.39, 0.29) is 11.4 Å². The van der Waals surface area contributed by atoms with E-state index in [1.165, 1.54) is 32.1 Å². The maximum atomic E-state index is 12.8. The highest BCUT2D eigenvalue weighted by Crippen LogP contribution is 2.36. The molecule has 0 unspecified atom stereocenters. The lowest BCUT2D eigenvalue weighted by atomic mass is 9.89. The van der Waals surface area contributed by atoms with Gasteiger partial charge in [-0.2, -0.15) is 0 Å². The standard InChI is InChI=1S/C20H33N3O/c1-14(2)17(15(3)18(21-5)23-20(4)11-12-20)19(24)22-13-16-9-7-6-8-10-16/h16,23H,5-13H2,1-4H3,(H,22,24)/b18-15-. The van der Waals surface area contributed by atoms with E-state index in [9.17, 15) is 4.79 Å². The first-order chi connectivity index (χ1) is 11.4. The number of amides is 1.